The molecule has 2 heterocycles. The van der Waals surface area contributed by atoms with E-state index in [-0.39, 0.29) is 0 Å². The second-order valence-electron chi connectivity index (χ2n) is 6.97. The summed E-state index contributed by atoms with van der Waals surface area (Å²) >= 11 is 11.2. The molecule has 4 rings (SSSR count). The highest BCUT2D eigenvalue weighted by atomic mass is 79.9. The van der Waals surface area contributed by atoms with Crippen LogP contribution < -0.4 is 0 Å². The lowest BCUT2D eigenvalue weighted by molar-refractivity contribution is 0.715. The first-order valence-electron chi connectivity index (χ1n) is 9.43. The first-order valence-corrected chi connectivity index (χ1v) is 11.4. The number of nitrogens with zero attached hydrogens (tertiary/aromatic N) is 4. The second-order valence-corrected chi connectivity index (χ2v) is 9.33. The van der Waals surface area contributed by atoms with Gasteiger partial charge in [-0.15, -0.1) is 10.2 Å². The molecule has 4 nitrogen and oxygen atoms in total. The molecule has 0 saturated heterocycles. The van der Waals surface area contributed by atoms with Crippen LogP contribution in [0.3, 0.4) is 0 Å². The number of hydrogen-bond donors (Lipinski definition) is 0. The summed E-state index contributed by atoms with van der Waals surface area (Å²) in [5.74, 6) is 0.394. The van der Waals surface area contributed by atoms with Gasteiger partial charge in [0.15, 0.2) is 5.01 Å². The van der Waals surface area contributed by atoms with Crippen molar-refractivity contribution in [2.45, 2.75) is 33.1 Å². The van der Waals surface area contributed by atoms with Gasteiger partial charge in [0, 0.05) is 26.5 Å². The van der Waals surface area contributed by atoms with E-state index in [4.69, 9.17) is 16.7 Å². The fraction of sp³-hybridized carbons (Fsp3) is 0.227. The SMILES string of the molecule is CCC(C)c1nnc(-c2nn(-c3ccc(Cl)cc3)c(-c3ccc(Br)cc3)c2C)s1. The molecule has 29 heavy (non-hydrogen) atoms. The van der Waals surface area contributed by atoms with Gasteiger partial charge in [0.1, 0.15) is 10.7 Å². The van der Waals surface area contributed by atoms with Crippen molar-refractivity contribution < 1.29 is 0 Å². The minimum atomic E-state index is 0.394. The molecule has 0 spiro atoms. The molecule has 0 amide bonds. The van der Waals surface area contributed by atoms with Gasteiger partial charge in [-0.1, -0.05) is 64.8 Å². The van der Waals surface area contributed by atoms with Crippen molar-refractivity contribution >= 4 is 38.9 Å². The second kappa shape index (κ2) is 8.38. The van der Waals surface area contributed by atoms with E-state index in [9.17, 15) is 0 Å². The fourth-order valence-corrected chi connectivity index (χ4v) is 4.53. The summed E-state index contributed by atoms with van der Waals surface area (Å²) in [6.45, 7) is 6.44. The molecule has 2 aromatic heterocycles. The summed E-state index contributed by atoms with van der Waals surface area (Å²) in [4.78, 5) is 0. The predicted molar refractivity (Wildman–Crippen MR) is 124 cm³/mol. The number of halogens is 2. The van der Waals surface area contributed by atoms with E-state index in [1.807, 2.05) is 41.1 Å². The maximum Gasteiger partial charge on any atom is 0.168 e. The van der Waals surface area contributed by atoms with Crippen molar-refractivity contribution in [3.8, 4) is 27.6 Å². The number of hydrogen-bond acceptors (Lipinski definition) is 4. The van der Waals surface area contributed by atoms with Crippen LogP contribution in [0, 0.1) is 6.92 Å². The molecule has 1 unspecified atom stereocenters. The standard InChI is InChI=1S/C22H20BrClN4S/c1-4-13(2)21-25-26-22(29-21)19-14(3)20(15-5-7-16(23)8-6-15)28(27-19)18-11-9-17(24)10-12-18/h5-13H,4H2,1-3H3. The molecule has 1 atom stereocenters. The number of benzene rings is 2. The van der Waals surface area contributed by atoms with Crippen molar-refractivity contribution in [3.05, 3.63) is 68.6 Å². The van der Waals surface area contributed by atoms with Crippen LogP contribution in [0.15, 0.2) is 53.0 Å². The normalized spacial score (nSPS) is 12.3. The minimum absolute atomic E-state index is 0.394. The van der Waals surface area contributed by atoms with Gasteiger partial charge in [-0.25, -0.2) is 4.68 Å². The van der Waals surface area contributed by atoms with E-state index in [1.54, 1.807) is 11.3 Å². The largest absolute Gasteiger partial charge is 0.232 e. The quantitative estimate of drug-likeness (QED) is 0.297. The third-order valence-electron chi connectivity index (χ3n) is 4.99. The number of aromatic nitrogens is 4. The first kappa shape index (κ1) is 20.3. The van der Waals surface area contributed by atoms with Gasteiger partial charge in [0.05, 0.1) is 11.4 Å². The Kier molecular flexibility index (Phi) is 5.86. The maximum atomic E-state index is 6.10. The van der Waals surface area contributed by atoms with Crippen LogP contribution in [0.25, 0.3) is 27.6 Å². The molecule has 0 aliphatic heterocycles. The Morgan fingerprint density at radius 1 is 1.07 bits per heavy atom. The molecule has 0 N–H and O–H groups in total. The molecule has 0 aliphatic carbocycles. The van der Waals surface area contributed by atoms with Gasteiger partial charge in [-0.2, -0.15) is 5.10 Å². The van der Waals surface area contributed by atoms with Crippen molar-refractivity contribution in [3.63, 3.8) is 0 Å². The van der Waals surface area contributed by atoms with Crippen LogP contribution in [0.1, 0.15) is 36.8 Å². The summed E-state index contributed by atoms with van der Waals surface area (Å²) in [7, 11) is 0. The zero-order chi connectivity index (χ0) is 20.5. The Balaban J connectivity index is 1.89. The van der Waals surface area contributed by atoms with Gasteiger partial charge in [0.2, 0.25) is 0 Å². The maximum absolute atomic E-state index is 6.10. The Labute approximate surface area is 187 Å². The molecule has 0 fully saturated rings. The van der Waals surface area contributed by atoms with Crippen molar-refractivity contribution in [1.29, 1.82) is 0 Å². The topological polar surface area (TPSA) is 43.6 Å². The van der Waals surface area contributed by atoms with Crippen LogP contribution in [0.5, 0.6) is 0 Å². The van der Waals surface area contributed by atoms with Gasteiger partial charge in [-0.05, 0) is 49.7 Å². The predicted octanol–water partition coefficient (Wildman–Crippen LogP) is 7.30. The van der Waals surface area contributed by atoms with Gasteiger partial charge < -0.3 is 0 Å². The molecule has 4 aromatic rings. The van der Waals surface area contributed by atoms with E-state index in [0.717, 1.165) is 49.1 Å². The van der Waals surface area contributed by atoms with Gasteiger partial charge in [-0.3, -0.25) is 0 Å². The van der Waals surface area contributed by atoms with Crippen LogP contribution >= 0.6 is 38.9 Å². The van der Waals surface area contributed by atoms with Crippen LogP contribution in [-0.4, -0.2) is 20.0 Å². The lowest BCUT2D eigenvalue weighted by Gasteiger charge is -2.09. The van der Waals surface area contributed by atoms with Crippen molar-refractivity contribution in [1.82, 2.24) is 20.0 Å². The van der Waals surface area contributed by atoms with Gasteiger partial charge >= 0.3 is 0 Å². The lowest BCUT2D eigenvalue weighted by atomic mass is 10.1. The molecule has 0 radical (unpaired) electrons. The van der Waals surface area contributed by atoms with E-state index in [2.05, 4.69) is 59.0 Å². The van der Waals surface area contributed by atoms with Gasteiger partial charge in [0.25, 0.3) is 0 Å². The van der Waals surface area contributed by atoms with E-state index < -0.39 is 0 Å². The summed E-state index contributed by atoms with van der Waals surface area (Å²) < 4.78 is 3.01. The lowest BCUT2D eigenvalue weighted by Crippen LogP contribution is -1.99. The molecule has 0 bridgehead atoms. The Hall–Kier alpha value is -2.02. The third-order valence-corrected chi connectivity index (χ3v) is 6.93. The average molecular weight is 488 g/mol. The molecular formula is C22H20BrClN4S. The molecule has 0 saturated carbocycles. The molecular weight excluding hydrogens is 468 g/mol. The highest BCUT2D eigenvalue weighted by Crippen LogP contribution is 2.36. The summed E-state index contributed by atoms with van der Waals surface area (Å²) in [6.07, 6.45) is 1.04. The zero-order valence-corrected chi connectivity index (χ0v) is 19.5. The number of rotatable bonds is 5. The first-order chi connectivity index (χ1) is 14.0. The van der Waals surface area contributed by atoms with E-state index >= 15 is 0 Å². The molecule has 0 aliphatic rings. The zero-order valence-electron chi connectivity index (χ0n) is 16.4. The highest BCUT2D eigenvalue weighted by molar-refractivity contribution is 9.10. The van der Waals surface area contributed by atoms with Crippen molar-refractivity contribution in [2.75, 3.05) is 0 Å². The monoisotopic (exact) mass is 486 g/mol. The minimum Gasteiger partial charge on any atom is -0.232 e. The van der Waals surface area contributed by atoms with Crippen LogP contribution in [-0.2, 0) is 0 Å². The Morgan fingerprint density at radius 3 is 2.41 bits per heavy atom. The summed E-state index contributed by atoms with van der Waals surface area (Å²) in [5, 5.41) is 16.4. The van der Waals surface area contributed by atoms with Crippen molar-refractivity contribution in [2.24, 2.45) is 0 Å². The van der Waals surface area contributed by atoms with Crippen LogP contribution in [0.4, 0.5) is 0 Å². The molecule has 7 heteroatoms. The summed E-state index contributed by atoms with van der Waals surface area (Å²) in [5.41, 5.74) is 5.02. The highest BCUT2D eigenvalue weighted by Gasteiger charge is 2.22. The Bertz CT molecular complexity index is 1130. The smallest absolute Gasteiger partial charge is 0.168 e. The van der Waals surface area contributed by atoms with E-state index in [0.29, 0.717) is 10.9 Å². The summed E-state index contributed by atoms with van der Waals surface area (Å²) in [6, 6.07) is 16.0. The third kappa shape index (κ3) is 4.02. The van der Waals surface area contributed by atoms with Crippen LogP contribution in [0.2, 0.25) is 5.02 Å². The molecule has 2 aromatic carbocycles. The van der Waals surface area contributed by atoms with E-state index in [1.165, 1.54) is 0 Å². The average Bonchev–Trinajstić information content (AvgIpc) is 3.34. The molecule has 148 valence electrons. The fourth-order valence-electron chi connectivity index (χ4n) is 3.12. The Morgan fingerprint density at radius 2 is 1.76 bits per heavy atom.